The van der Waals surface area contributed by atoms with Crippen molar-refractivity contribution in [3.05, 3.63) is 54.1 Å². The highest BCUT2D eigenvalue weighted by atomic mass is 16.5. The van der Waals surface area contributed by atoms with Gasteiger partial charge in [0.1, 0.15) is 5.75 Å². The van der Waals surface area contributed by atoms with Crippen molar-refractivity contribution in [2.45, 2.75) is 25.7 Å². The lowest BCUT2D eigenvalue weighted by molar-refractivity contribution is -0.138. The van der Waals surface area contributed by atoms with Crippen molar-refractivity contribution in [1.29, 1.82) is 5.26 Å². The maximum Gasteiger partial charge on any atom is 0.314 e. The average Bonchev–Trinajstić information content (AvgIpc) is 3.10. The molecule has 0 spiro atoms. The number of hydrogen-bond donors (Lipinski definition) is 0. The Kier molecular flexibility index (Phi) is 4.20. The summed E-state index contributed by atoms with van der Waals surface area (Å²) in [6.07, 6.45) is 4.14. The lowest BCUT2D eigenvalue weighted by atomic mass is 10.0. The molecular weight excluding hydrogens is 274 g/mol. The number of carbonyl (C=O) groups is 1. The maximum absolute atomic E-state index is 12.0. The van der Waals surface area contributed by atoms with Crippen LogP contribution in [0.25, 0.3) is 11.1 Å². The largest absolute Gasteiger partial charge is 0.426 e. The van der Waals surface area contributed by atoms with Crippen molar-refractivity contribution >= 4 is 5.97 Å². The molecule has 0 saturated heterocycles. The van der Waals surface area contributed by atoms with E-state index >= 15 is 0 Å². The smallest absolute Gasteiger partial charge is 0.314 e. The van der Waals surface area contributed by atoms with Gasteiger partial charge in [-0.3, -0.25) is 4.79 Å². The van der Waals surface area contributed by atoms with E-state index in [0.29, 0.717) is 11.3 Å². The molecule has 3 heteroatoms. The predicted molar refractivity (Wildman–Crippen MR) is 84.2 cm³/mol. The van der Waals surface area contributed by atoms with Crippen LogP contribution in [0.15, 0.2) is 48.5 Å². The summed E-state index contributed by atoms with van der Waals surface area (Å²) in [7, 11) is 0. The van der Waals surface area contributed by atoms with Gasteiger partial charge >= 0.3 is 5.97 Å². The molecule has 2 aromatic carbocycles. The molecule has 0 aromatic heterocycles. The van der Waals surface area contributed by atoms with Crippen LogP contribution >= 0.6 is 0 Å². The molecule has 0 heterocycles. The summed E-state index contributed by atoms with van der Waals surface area (Å²) in [6, 6.07) is 17.0. The molecule has 2 aromatic rings. The zero-order chi connectivity index (χ0) is 15.4. The second-order valence-corrected chi connectivity index (χ2v) is 5.62. The molecule has 0 atom stereocenters. The fourth-order valence-corrected chi connectivity index (χ4v) is 2.81. The third-order valence-electron chi connectivity index (χ3n) is 4.11. The van der Waals surface area contributed by atoms with Gasteiger partial charge in [0, 0.05) is 0 Å². The topological polar surface area (TPSA) is 50.1 Å². The van der Waals surface area contributed by atoms with Crippen LogP contribution in [0.5, 0.6) is 5.75 Å². The number of nitriles is 1. The van der Waals surface area contributed by atoms with Crippen LogP contribution in [0.1, 0.15) is 31.2 Å². The second kappa shape index (κ2) is 6.44. The van der Waals surface area contributed by atoms with E-state index in [0.717, 1.165) is 36.8 Å². The van der Waals surface area contributed by atoms with E-state index in [1.165, 1.54) is 0 Å². The van der Waals surface area contributed by atoms with Crippen molar-refractivity contribution in [2.24, 2.45) is 5.92 Å². The lowest BCUT2D eigenvalue weighted by Gasteiger charge is -2.09. The van der Waals surface area contributed by atoms with Gasteiger partial charge in [0.05, 0.1) is 17.6 Å². The molecule has 1 saturated carbocycles. The first-order chi connectivity index (χ1) is 10.8. The highest BCUT2D eigenvalue weighted by Gasteiger charge is 2.24. The number of carbonyl (C=O) groups excluding carboxylic acids is 1. The minimum Gasteiger partial charge on any atom is -0.426 e. The van der Waals surface area contributed by atoms with Crippen molar-refractivity contribution in [1.82, 2.24) is 0 Å². The standard InChI is InChI=1S/C19H17NO2/c20-13-14-5-7-15(8-6-14)16-9-11-18(12-10-16)22-19(21)17-3-1-2-4-17/h5-12,17H,1-4H2. The summed E-state index contributed by atoms with van der Waals surface area (Å²) in [5.41, 5.74) is 2.71. The first kappa shape index (κ1) is 14.3. The van der Waals surface area contributed by atoms with Crippen molar-refractivity contribution in [3.63, 3.8) is 0 Å². The van der Waals surface area contributed by atoms with Gasteiger partial charge in [0.15, 0.2) is 0 Å². The zero-order valence-electron chi connectivity index (χ0n) is 12.3. The normalized spacial score (nSPS) is 14.5. The van der Waals surface area contributed by atoms with Crippen molar-refractivity contribution < 1.29 is 9.53 Å². The molecule has 0 aliphatic heterocycles. The Morgan fingerprint density at radius 2 is 1.50 bits per heavy atom. The minimum absolute atomic E-state index is 0.0678. The first-order valence-electron chi connectivity index (χ1n) is 7.58. The van der Waals surface area contributed by atoms with Crippen LogP contribution in [0, 0.1) is 17.2 Å². The van der Waals surface area contributed by atoms with Crippen LogP contribution in [0.4, 0.5) is 0 Å². The molecule has 3 rings (SSSR count). The number of esters is 1. The Bertz CT molecular complexity index is 690. The second-order valence-electron chi connectivity index (χ2n) is 5.62. The van der Waals surface area contributed by atoms with E-state index in [1.54, 1.807) is 12.1 Å². The van der Waals surface area contributed by atoms with Crippen LogP contribution in [-0.4, -0.2) is 5.97 Å². The summed E-state index contributed by atoms with van der Waals surface area (Å²) in [6.45, 7) is 0. The summed E-state index contributed by atoms with van der Waals surface area (Å²) in [4.78, 5) is 12.0. The Morgan fingerprint density at radius 1 is 0.955 bits per heavy atom. The van der Waals surface area contributed by atoms with Crippen LogP contribution < -0.4 is 4.74 Å². The van der Waals surface area contributed by atoms with E-state index in [-0.39, 0.29) is 11.9 Å². The van der Waals surface area contributed by atoms with Gasteiger partial charge in [0.2, 0.25) is 0 Å². The van der Waals surface area contributed by atoms with E-state index in [1.807, 2.05) is 36.4 Å². The Morgan fingerprint density at radius 3 is 2.05 bits per heavy atom. The third-order valence-corrected chi connectivity index (χ3v) is 4.11. The molecule has 0 radical (unpaired) electrons. The van der Waals surface area contributed by atoms with E-state index in [9.17, 15) is 4.79 Å². The molecule has 1 fully saturated rings. The SMILES string of the molecule is N#Cc1ccc(-c2ccc(OC(=O)C3CCCC3)cc2)cc1. The molecule has 0 amide bonds. The van der Waals surface area contributed by atoms with Crippen LogP contribution in [-0.2, 0) is 4.79 Å². The number of benzene rings is 2. The predicted octanol–water partition coefficient (Wildman–Crippen LogP) is 4.32. The van der Waals surface area contributed by atoms with E-state index in [4.69, 9.17) is 10.00 Å². The Labute approximate surface area is 130 Å². The molecule has 22 heavy (non-hydrogen) atoms. The van der Waals surface area contributed by atoms with Gasteiger partial charge in [-0.1, -0.05) is 37.1 Å². The zero-order valence-corrected chi connectivity index (χ0v) is 12.3. The molecule has 0 N–H and O–H groups in total. The fraction of sp³-hybridized carbons (Fsp3) is 0.263. The van der Waals surface area contributed by atoms with Crippen LogP contribution in [0.3, 0.4) is 0 Å². The molecule has 1 aliphatic carbocycles. The summed E-state index contributed by atoms with van der Waals surface area (Å²) in [5.74, 6) is 0.552. The van der Waals surface area contributed by atoms with Gasteiger partial charge in [-0.2, -0.15) is 5.26 Å². The van der Waals surface area contributed by atoms with Crippen molar-refractivity contribution in [2.75, 3.05) is 0 Å². The Balaban J connectivity index is 1.69. The number of ether oxygens (including phenoxy) is 1. The highest BCUT2D eigenvalue weighted by Crippen LogP contribution is 2.28. The van der Waals surface area contributed by atoms with Gasteiger partial charge in [-0.25, -0.2) is 0 Å². The first-order valence-corrected chi connectivity index (χ1v) is 7.58. The van der Waals surface area contributed by atoms with Gasteiger partial charge in [-0.15, -0.1) is 0 Å². The number of hydrogen-bond acceptors (Lipinski definition) is 3. The van der Waals surface area contributed by atoms with Gasteiger partial charge < -0.3 is 4.74 Å². The van der Waals surface area contributed by atoms with Crippen molar-refractivity contribution in [3.8, 4) is 22.9 Å². The molecule has 1 aliphatic rings. The molecule has 110 valence electrons. The molecule has 3 nitrogen and oxygen atoms in total. The summed E-state index contributed by atoms with van der Waals surface area (Å²) in [5, 5.41) is 8.81. The maximum atomic E-state index is 12.0. The minimum atomic E-state index is -0.108. The third kappa shape index (κ3) is 3.17. The Hall–Kier alpha value is -2.60. The van der Waals surface area contributed by atoms with Crippen LogP contribution in [0.2, 0.25) is 0 Å². The average molecular weight is 291 g/mol. The monoisotopic (exact) mass is 291 g/mol. The molecule has 0 unspecified atom stereocenters. The number of rotatable bonds is 3. The van der Waals surface area contributed by atoms with E-state index in [2.05, 4.69) is 6.07 Å². The highest BCUT2D eigenvalue weighted by molar-refractivity contribution is 5.75. The summed E-state index contributed by atoms with van der Waals surface area (Å²) < 4.78 is 5.44. The van der Waals surface area contributed by atoms with Gasteiger partial charge in [-0.05, 0) is 48.2 Å². The number of nitrogens with zero attached hydrogens (tertiary/aromatic N) is 1. The fourth-order valence-electron chi connectivity index (χ4n) is 2.81. The molecule has 0 bridgehead atoms. The quantitative estimate of drug-likeness (QED) is 0.625. The molecular formula is C19H17NO2. The lowest BCUT2D eigenvalue weighted by Crippen LogP contribution is -2.17. The van der Waals surface area contributed by atoms with E-state index < -0.39 is 0 Å². The summed E-state index contributed by atoms with van der Waals surface area (Å²) >= 11 is 0. The van der Waals surface area contributed by atoms with Gasteiger partial charge in [0.25, 0.3) is 0 Å².